The predicted molar refractivity (Wildman–Crippen MR) is 85.2 cm³/mol. The number of hydrogen-bond donors (Lipinski definition) is 2. The maximum Gasteiger partial charge on any atom is 0.276 e. The molecule has 1 saturated carbocycles. The molecule has 0 spiro atoms. The molecular weight excluding hydrogens is 328 g/mol. The van der Waals surface area contributed by atoms with Crippen LogP contribution in [0.25, 0.3) is 0 Å². The van der Waals surface area contributed by atoms with E-state index in [4.69, 9.17) is 9.47 Å². The molecule has 8 nitrogen and oxygen atoms in total. The summed E-state index contributed by atoms with van der Waals surface area (Å²) < 4.78 is 10.3. The standard InChI is InChI=1S/C17H22N2O6/c1-24-11-6-8-12(9-7-11)25-10-15(20)18-19-16(21)13-4-2-3-5-14(13)17(22)23/h6-9,13-14H,2-5,10H2,1H3,(H,18,20)(H,19,21)(H,22,23)/p-1/t13-,14+/m1/s1. The Bertz CT molecular complexity index is 616. The Labute approximate surface area is 145 Å². The number of carbonyl (C=O) groups is 3. The fourth-order valence-corrected chi connectivity index (χ4v) is 2.81. The molecule has 25 heavy (non-hydrogen) atoms. The second-order valence-corrected chi connectivity index (χ2v) is 5.82. The van der Waals surface area contributed by atoms with Gasteiger partial charge in [0.2, 0.25) is 5.91 Å². The minimum Gasteiger partial charge on any atom is -0.550 e. The Morgan fingerprint density at radius 3 is 2.24 bits per heavy atom. The Balaban J connectivity index is 1.76. The minimum atomic E-state index is -1.23. The van der Waals surface area contributed by atoms with Crippen LogP contribution in [0.2, 0.25) is 0 Å². The number of methoxy groups -OCH3 is 1. The van der Waals surface area contributed by atoms with Crippen LogP contribution in [0.1, 0.15) is 25.7 Å². The van der Waals surface area contributed by atoms with Crippen LogP contribution in [0.5, 0.6) is 11.5 Å². The highest BCUT2D eigenvalue weighted by atomic mass is 16.5. The van der Waals surface area contributed by atoms with E-state index < -0.39 is 29.6 Å². The van der Waals surface area contributed by atoms with E-state index in [0.717, 1.165) is 12.8 Å². The van der Waals surface area contributed by atoms with Crippen molar-refractivity contribution >= 4 is 17.8 Å². The summed E-state index contributed by atoms with van der Waals surface area (Å²) in [6, 6.07) is 6.69. The maximum atomic E-state index is 12.1. The van der Waals surface area contributed by atoms with Crippen LogP contribution in [-0.2, 0) is 14.4 Å². The topological polar surface area (TPSA) is 117 Å². The van der Waals surface area contributed by atoms with Gasteiger partial charge in [0.25, 0.3) is 5.91 Å². The van der Waals surface area contributed by atoms with Crippen molar-refractivity contribution in [1.29, 1.82) is 0 Å². The molecule has 2 amide bonds. The second kappa shape index (κ2) is 8.91. The summed E-state index contributed by atoms with van der Waals surface area (Å²) in [5.41, 5.74) is 4.49. The highest BCUT2D eigenvalue weighted by Crippen LogP contribution is 2.29. The smallest absolute Gasteiger partial charge is 0.276 e. The van der Waals surface area contributed by atoms with Crippen LogP contribution in [0.3, 0.4) is 0 Å². The van der Waals surface area contributed by atoms with Crippen molar-refractivity contribution in [3.05, 3.63) is 24.3 Å². The quantitative estimate of drug-likeness (QED) is 0.686. The number of rotatable bonds is 6. The van der Waals surface area contributed by atoms with Gasteiger partial charge in [-0.1, -0.05) is 12.8 Å². The molecule has 0 saturated heterocycles. The number of amides is 2. The third-order valence-corrected chi connectivity index (χ3v) is 4.16. The van der Waals surface area contributed by atoms with E-state index in [1.165, 1.54) is 0 Å². The highest BCUT2D eigenvalue weighted by Gasteiger charge is 2.31. The van der Waals surface area contributed by atoms with Gasteiger partial charge in [-0.2, -0.15) is 0 Å². The Morgan fingerprint density at radius 2 is 1.64 bits per heavy atom. The number of benzene rings is 1. The van der Waals surface area contributed by atoms with E-state index in [9.17, 15) is 19.5 Å². The van der Waals surface area contributed by atoms with Crippen molar-refractivity contribution in [2.24, 2.45) is 11.8 Å². The molecule has 0 unspecified atom stereocenters. The van der Waals surface area contributed by atoms with E-state index in [-0.39, 0.29) is 6.61 Å². The lowest BCUT2D eigenvalue weighted by molar-refractivity contribution is -0.314. The van der Waals surface area contributed by atoms with Gasteiger partial charge >= 0.3 is 0 Å². The Morgan fingerprint density at radius 1 is 1.04 bits per heavy atom. The first-order chi connectivity index (χ1) is 12.0. The van der Waals surface area contributed by atoms with Crippen molar-refractivity contribution in [3.63, 3.8) is 0 Å². The van der Waals surface area contributed by atoms with Crippen LogP contribution < -0.4 is 25.4 Å². The number of carboxylic acids is 1. The summed E-state index contributed by atoms with van der Waals surface area (Å²) >= 11 is 0. The van der Waals surface area contributed by atoms with Gasteiger partial charge < -0.3 is 19.4 Å². The Kier molecular flexibility index (Phi) is 6.62. The summed E-state index contributed by atoms with van der Waals surface area (Å²) in [7, 11) is 1.54. The molecule has 1 fully saturated rings. The first-order valence-electron chi connectivity index (χ1n) is 8.07. The summed E-state index contributed by atoms with van der Waals surface area (Å²) in [4.78, 5) is 34.9. The van der Waals surface area contributed by atoms with Gasteiger partial charge in [-0.3, -0.25) is 20.4 Å². The van der Waals surface area contributed by atoms with Gasteiger partial charge in [-0.05, 0) is 37.1 Å². The average molecular weight is 349 g/mol. The third-order valence-electron chi connectivity index (χ3n) is 4.16. The first-order valence-corrected chi connectivity index (χ1v) is 8.07. The number of hydrazine groups is 1. The summed E-state index contributed by atoms with van der Waals surface area (Å²) in [6.07, 6.45) is 2.40. The molecule has 0 bridgehead atoms. The van der Waals surface area contributed by atoms with E-state index in [2.05, 4.69) is 10.9 Å². The average Bonchev–Trinajstić information content (AvgIpc) is 2.64. The maximum absolute atomic E-state index is 12.1. The second-order valence-electron chi connectivity index (χ2n) is 5.82. The Hall–Kier alpha value is -2.77. The van der Waals surface area contributed by atoms with Gasteiger partial charge in [0.05, 0.1) is 7.11 Å². The van der Waals surface area contributed by atoms with Crippen LogP contribution in [0.15, 0.2) is 24.3 Å². The number of aliphatic carboxylic acids is 1. The third kappa shape index (κ3) is 5.37. The molecule has 8 heteroatoms. The van der Waals surface area contributed by atoms with E-state index in [0.29, 0.717) is 24.3 Å². The number of hydrogen-bond acceptors (Lipinski definition) is 6. The largest absolute Gasteiger partial charge is 0.550 e. The van der Waals surface area contributed by atoms with E-state index in [1.54, 1.807) is 31.4 Å². The zero-order valence-corrected chi connectivity index (χ0v) is 13.9. The fraction of sp³-hybridized carbons (Fsp3) is 0.471. The molecule has 2 N–H and O–H groups in total. The number of carbonyl (C=O) groups excluding carboxylic acids is 3. The SMILES string of the molecule is COc1ccc(OCC(=O)NNC(=O)[C@@H]2CCCC[C@@H]2C(=O)[O-])cc1. The van der Waals surface area contributed by atoms with Gasteiger partial charge in [-0.15, -0.1) is 0 Å². The molecular formula is C17H21N2O6-. The number of nitrogens with one attached hydrogen (secondary N) is 2. The van der Waals surface area contributed by atoms with Gasteiger partial charge in [0.15, 0.2) is 6.61 Å². The first kappa shape index (κ1) is 18.6. The van der Waals surface area contributed by atoms with Crippen molar-refractivity contribution in [3.8, 4) is 11.5 Å². The number of ether oxygens (including phenoxy) is 2. The summed E-state index contributed by atoms with van der Waals surface area (Å²) in [6.45, 7) is -0.290. The summed E-state index contributed by atoms with van der Waals surface area (Å²) in [5.74, 6) is -2.67. The lowest BCUT2D eigenvalue weighted by Crippen LogP contribution is -2.50. The molecule has 0 heterocycles. The lowest BCUT2D eigenvalue weighted by Gasteiger charge is -2.31. The zero-order chi connectivity index (χ0) is 18.2. The molecule has 136 valence electrons. The van der Waals surface area contributed by atoms with Crippen LogP contribution >= 0.6 is 0 Å². The minimum absolute atomic E-state index is 0.290. The van der Waals surface area contributed by atoms with Crippen molar-refractivity contribution in [1.82, 2.24) is 10.9 Å². The molecule has 1 aliphatic rings. The van der Waals surface area contributed by atoms with Crippen molar-refractivity contribution in [2.75, 3.05) is 13.7 Å². The highest BCUT2D eigenvalue weighted by molar-refractivity contribution is 5.87. The molecule has 1 aliphatic carbocycles. The van der Waals surface area contributed by atoms with Crippen molar-refractivity contribution < 1.29 is 29.0 Å². The number of carboxylic acid groups (broad SMARTS) is 1. The monoisotopic (exact) mass is 349 g/mol. The normalized spacial score (nSPS) is 19.6. The zero-order valence-electron chi connectivity index (χ0n) is 13.9. The van der Waals surface area contributed by atoms with E-state index >= 15 is 0 Å². The fourth-order valence-electron chi connectivity index (χ4n) is 2.81. The molecule has 2 rings (SSSR count). The molecule has 0 aliphatic heterocycles. The van der Waals surface area contributed by atoms with Gasteiger partial charge in [0, 0.05) is 17.8 Å². The van der Waals surface area contributed by atoms with Crippen LogP contribution in [0.4, 0.5) is 0 Å². The van der Waals surface area contributed by atoms with Crippen LogP contribution in [0, 0.1) is 11.8 Å². The van der Waals surface area contributed by atoms with Crippen LogP contribution in [-0.4, -0.2) is 31.5 Å². The van der Waals surface area contributed by atoms with Crippen molar-refractivity contribution in [2.45, 2.75) is 25.7 Å². The summed E-state index contributed by atoms with van der Waals surface area (Å²) in [5, 5.41) is 11.1. The molecule has 1 aromatic carbocycles. The molecule has 1 aromatic rings. The molecule has 0 aromatic heterocycles. The molecule has 2 atom stereocenters. The lowest BCUT2D eigenvalue weighted by atomic mass is 9.79. The van der Waals surface area contributed by atoms with E-state index in [1.807, 2.05) is 0 Å². The predicted octanol–water partition coefficient (Wildman–Crippen LogP) is -0.222. The molecule has 0 radical (unpaired) electrons. The van der Waals surface area contributed by atoms with Gasteiger partial charge in [-0.25, -0.2) is 0 Å². The van der Waals surface area contributed by atoms with Gasteiger partial charge in [0.1, 0.15) is 11.5 Å².